The normalized spacial score (nSPS) is 11.6. The summed E-state index contributed by atoms with van der Waals surface area (Å²) in [4.78, 5) is 4.63. The minimum Gasteiger partial charge on any atom is -0.494 e. The molecule has 0 spiro atoms. The molecular weight excluding hydrogens is 346 g/mol. The third-order valence-corrected chi connectivity index (χ3v) is 4.60. The van der Waals surface area contributed by atoms with Crippen LogP contribution in [0.15, 0.2) is 85.5 Å². The highest BCUT2D eigenvalue weighted by Crippen LogP contribution is 2.26. The zero-order valence-electron chi connectivity index (χ0n) is 16.4. The van der Waals surface area contributed by atoms with Crippen LogP contribution in [0, 0.1) is 0 Å². The summed E-state index contributed by atoms with van der Waals surface area (Å²) in [5.74, 6) is 2.68. The average molecular weight is 373 g/mol. The maximum absolute atomic E-state index is 5.83. The van der Waals surface area contributed by atoms with E-state index in [1.165, 1.54) is 5.56 Å². The van der Waals surface area contributed by atoms with Crippen molar-refractivity contribution in [1.82, 2.24) is 4.98 Å². The molecule has 3 rings (SSSR count). The highest BCUT2D eigenvalue weighted by Gasteiger charge is 2.09. The first-order valence-electron chi connectivity index (χ1n) is 9.82. The predicted octanol–water partition coefficient (Wildman–Crippen LogP) is 6.57. The van der Waals surface area contributed by atoms with Crippen molar-refractivity contribution >= 4 is 0 Å². The van der Waals surface area contributed by atoms with Crippen LogP contribution in [0.5, 0.6) is 17.4 Å². The first-order chi connectivity index (χ1) is 13.8. The van der Waals surface area contributed by atoms with Crippen molar-refractivity contribution in [2.75, 3.05) is 6.61 Å². The van der Waals surface area contributed by atoms with Gasteiger partial charge in [0.05, 0.1) is 6.61 Å². The van der Waals surface area contributed by atoms with Crippen LogP contribution in [0.2, 0.25) is 0 Å². The van der Waals surface area contributed by atoms with E-state index in [0.29, 0.717) is 18.4 Å². The lowest BCUT2D eigenvalue weighted by molar-refractivity contribution is 0.340. The molecule has 3 nitrogen and oxygen atoms in total. The molecule has 2 aromatic carbocycles. The number of hydrogen-bond acceptors (Lipinski definition) is 3. The lowest BCUT2D eigenvalue weighted by atomic mass is 9.93. The third kappa shape index (κ3) is 5.71. The van der Waals surface area contributed by atoms with Gasteiger partial charge in [-0.3, -0.25) is 0 Å². The van der Waals surface area contributed by atoms with Crippen LogP contribution in [-0.4, -0.2) is 11.6 Å². The molecule has 1 heterocycles. The smallest absolute Gasteiger partial charge is 0.219 e. The number of ether oxygens (including phenoxy) is 2. The zero-order valence-corrected chi connectivity index (χ0v) is 16.4. The molecule has 3 aromatic rings. The molecule has 144 valence electrons. The number of pyridine rings is 1. The molecule has 0 aliphatic rings. The Balaban J connectivity index is 1.54. The largest absolute Gasteiger partial charge is 0.494 e. The lowest BCUT2D eigenvalue weighted by Crippen LogP contribution is -1.99. The van der Waals surface area contributed by atoms with Gasteiger partial charge in [-0.25, -0.2) is 4.98 Å². The summed E-state index contributed by atoms with van der Waals surface area (Å²) in [6.07, 6.45) is 5.00. The van der Waals surface area contributed by atoms with Crippen LogP contribution in [-0.2, 0) is 6.42 Å². The number of aromatic nitrogens is 1. The number of allylic oxidation sites excluding steroid dienone is 1. The number of nitrogens with zero attached hydrogens (tertiary/aromatic N) is 1. The summed E-state index contributed by atoms with van der Waals surface area (Å²) < 4.78 is 11.3. The van der Waals surface area contributed by atoms with E-state index in [1.54, 1.807) is 0 Å². The summed E-state index contributed by atoms with van der Waals surface area (Å²) >= 11 is 0. The Morgan fingerprint density at radius 3 is 2.43 bits per heavy atom. The minimum atomic E-state index is 0.333. The second kappa shape index (κ2) is 10.3. The third-order valence-electron chi connectivity index (χ3n) is 4.60. The molecule has 1 unspecified atom stereocenters. The van der Waals surface area contributed by atoms with E-state index in [0.717, 1.165) is 36.5 Å². The van der Waals surface area contributed by atoms with Crippen molar-refractivity contribution in [3.63, 3.8) is 0 Å². The van der Waals surface area contributed by atoms with Crippen LogP contribution in [0.4, 0.5) is 0 Å². The molecule has 1 atom stereocenters. The summed E-state index contributed by atoms with van der Waals surface area (Å²) in [7, 11) is 0. The van der Waals surface area contributed by atoms with Gasteiger partial charge in [0.2, 0.25) is 5.88 Å². The molecule has 0 saturated heterocycles. The van der Waals surface area contributed by atoms with Gasteiger partial charge in [-0.2, -0.15) is 0 Å². The van der Waals surface area contributed by atoms with Gasteiger partial charge in [0.15, 0.2) is 0 Å². The van der Waals surface area contributed by atoms with Gasteiger partial charge >= 0.3 is 0 Å². The Kier molecular flexibility index (Phi) is 7.25. The Hall–Kier alpha value is -3.07. The SMILES string of the molecule is C=CC(CCCc1cccc(Oc2ccccc2)n1)c1ccc(OCC)cc1. The van der Waals surface area contributed by atoms with E-state index in [9.17, 15) is 0 Å². The van der Waals surface area contributed by atoms with Gasteiger partial charge in [0.1, 0.15) is 11.5 Å². The van der Waals surface area contributed by atoms with Crippen LogP contribution in [0.1, 0.15) is 36.9 Å². The topological polar surface area (TPSA) is 31.4 Å². The van der Waals surface area contributed by atoms with E-state index in [1.807, 2.05) is 67.6 Å². The Bertz CT molecular complexity index is 859. The summed E-state index contributed by atoms with van der Waals surface area (Å²) in [6, 6.07) is 24.0. The number of hydrogen-bond donors (Lipinski definition) is 0. The van der Waals surface area contributed by atoms with Gasteiger partial charge in [0, 0.05) is 17.7 Å². The van der Waals surface area contributed by atoms with Crippen molar-refractivity contribution in [2.45, 2.75) is 32.1 Å². The van der Waals surface area contributed by atoms with Crippen molar-refractivity contribution in [3.05, 3.63) is 96.7 Å². The van der Waals surface area contributed by atoms with Crippen molar-refractivity contribution in [2.24, 2.45) is 0 Å². The summed E-state index contributed by atoms with van der Waals surface area (Å²) in [5, 5.41) is 0. The van der Waals surface area contributed by atoms with E-state index < -0.39 is 0 Å². The molecule has 0 bridgehead atoms. The molecule has 0 saturated carbocycles. The second-order valence-corrected chi connectivity index (χ2v) is 6.62. The maximum atomic E-state index is 5.83. The molecule has 3 heteroatoms. The molecule has 0 aliphatic heterocycles. The molecule has 28 heavy (non-hydrogen) atoms. The second-order valence-electron chi connectivity index (χ2n) is 6.62. The number of aryl methyl sites for hydroxylation is 1. The van der Waals surface area contributed by atoms with E-state index in [2.05, 4.69) is 29.8 Å². The standard InChI is InChI=1S/C25H27NO2/c1-3-20(21-16-18-23(19-17-21)27-4-2)10-8-11-22-12-9-15-25(26-22)28-24-13-6-5-7-14-24/h3,5-7,9,12-20H,1,4,8,10-11H2,2H3. The number of benzene rings is 2. The molecule has 0 N–H and O–H groups in total. The van der Waals surface area contributed by atoms with Gasteiger partial charge in [0.25, 0.3) is 0 Å². The monoisotopic (exact) mass is 373 g/mol. The average Bonchev–Trinajstić information content (AvgIpc) is 2.73. The fraction of sp³-hybridized carbons (Fsp3) is 0.240. The molecular formula is C25H27NO2. The Labute approximate surface area is 167 Å². The Morgan fingerprint density at radius 1 is 0.929 bits per heavy atom. The number of rotatable bonds is 10. The predicted molar refractivity (Wildman–Crippen MR) is 114 cm³/mol. The first-order valence-corrected chi connectivity index (χ1v) is 9.82. The highest BCUT2D eigenvalue weighted by molar-refractivity contribution is 5.31. The highest BCUT2D eigenvalue weighted by atomic mass is 16.5. The lowest BCUT2D eigenvalue weighted by Gasteiger charge is -2.14. The van der Waals surface area contributed by atoms with Crippen LogP contribution in [0.3, 0.4) is 0 Å². The van der Waals surface area contributed by atoms with Crippen LogP contribution in [0.25, 0.3) is 0 Å². The zero-order chi connectivity index (χ0) is 19.6. The summed E-state index contributed by atoms with van der Waals surface area (Å²) in [5.41, 5.74) is 2.32. The number of para-hydroxylation sites is 1. The van der Waals surface area contributed by atoms with Crippen molar-refractivity contribution in [1.29, 1.82) is 0 Å². The first kappa shape index (κ1) is 19.7. The molecule has 0 amide bonds. The van der Waals surface area contributed by atoms with Crippen LogP contribution < -0.4 is 9.47 Å². The van der Waals surface area contributed by atoms with Crippen molar-refractivity contribution < 1.29 is 9.47 Å². The molecule has 0 fully saturated rings. The van der Waals surface area contributed by atoms with E-state index in [-0.39, 0.29) is 0 Å². The maximum Gasteiger partial charge on any atom is 0.219 e. The van der Waals surface area contributed by atoms with Gasteiger partial charge in [-0.1, -0.05) is 42.5 Å². The minimum absolute atomic E-state index is 0.333. The Morgan fingerprint density at radius 2 is 1.71 bits per heavy atom. The van der Waals surface area contributed by atoms with E-state index >= 15 is 0 Å². The quantitative estimate of drug-likeness (QED) is 0.377. The fourth-order valence-electron chi connectivity index (χ4n) is 3.16. The molecule has 0 aliphatic carbocycles. The molecule has 1 aromatic heterocycles. The van der Waals surface area contributed by atoms with Gasteiger partial charge in [-0.15, -0.1) is 6.58 Å². The van der Waals surface area contributed by atoms with Gasteiger partial charge in [-0.05, 0) is 62.1 Å². The molecule has 0 radical (unpaired) electrons. The van der Waals surface area contributed by atoms with Gasteiger partial charge < -0.3 is 9.47 Å². The van der Waals surface area contributed by atoms with Crippen LogP contribution >= 0.6 is 0 Å². The summed E-state index contributed by atoms with van der Waals surface area (Å²) in [6.45, 7) is 6.70. The van der Waals surface area contributed by atoms with E-state index in [4.69, 9.17) is 9.47 Å². The fourth-order valence-corrected chi connectivity index (χ4v) is 3.16. The van der Waals surface area contributed by atoms with Crippen molar-refractivity contribution in [3.8, 4) is 17.4 Å².